The number of fused-ring (bicyclic) bond motifs is 1. The van der Waals surface area contributed by atoms with Gasteiger partial charge in [-0.15, -0.1) is 0 Å². The zero-order valence-corrected chi connectivity index (χ0v) is 12.3. The number of anilines is 2. The molecule has 19 heavy (non-hydrogen) atoms. The summed E-state index contributed by atoms with van der Waals surface area (Å²) in [5.41, 5.74) is 3.40. The van der Waals surface area contributed by atoms with E-state index in [0.29, 0.717) is 6.04 Å². The molecule has 0 spiro atoms. The van der Waals surface area contributed by atoms with Gasteiger partial charge in [-0.25, -0.2) is 0 Å². The highest BCUT2D eigenvalue weighted by Crippen LogP contribution is 2.26. The monoisotopic (exact) mass is 257 g/mol. The first-order valence-electron chi connectivity index (χ1n) is 6.94. The van der Waals surface area contributed by atoms with E-state index in [9.17, 15) is 0 Å². The smallest absolute Gasteiger partial charge is 0.0743 e. The van der Waals surface area contributed by atoms with Gasteiger partial charge in [-0.05, 0) is 37.6 Å². The van der Waals surface area contributed by atoms with E-state index in [-0.39, 0.29) is 0 Å². The number of rotatable bonds is 5. The van der Waals surface area contributed by atoms with Crippen molar-refractivity contribution in [3.8, 4) is 0 Å². The molecule has 2 rings (SSSR count). The summed E-state index contributed by atoms with van der Waals surface area (Å²) in [4.78, 5) is 6.57. The van der Waals surface area contributed by atoms with E-state index in [1.165, 1.54) is 29.6 Å². The fourth-order valence-corrected chi connectivity index (χ4v) is 2.31. The number of hydrogen-bond acceptors (Lipinski definition) is 3. The first kappa shape index (κ1) is 13.7. The van der Waals surface area contributed by atoms with E-state index in [0.717, 1.165) is 5.52 Å². The van der Waals surface area contributed by atoms with Crippen LogP contribution in [0.1, 0.15) is 26.7 Å². The Kier molecular flexibility index (Phi) is 4.25. The van der Waals surface area contributed by atoms with Gasteiger partial charge in [0.05, 0.1) is 5.52 Å². The standard InChI is InChI=1S/C16H23N3/c1-5-6-12(2)18-15-9-10-17-16-11-13(19(3)4)7-8-14(15)16/h7-12H,5-6H2,1-4H3,(H,17,18)/t12-/m1/s1. The maximum atomic E-state index is 4.47. The molecule has 0 unspecified atom stereocenters. The lowest BCUT2D eigenvalue weighted by atomic mass is 10.1. The van der Waals surface area contributed by atoms with Crippen LogP contribution in [-0.2, 0) is 0 Å². The van der Waals surface area contributed by atoms with Crippen molar-refractivity contribution in [2.45, 2.75) is 32.7 Å². The molecule has 102 valence electrons. The molecule has 1 aromatic heterocycles. The molecule has 1 N–H and O–H groups in total. The zero-order chi connectivity index (χ0) is 13.8. The molecule has 0 aliphatic carbocycles. The van der Waals surface area contributed by atoms with Gasteiger partial charge >= 0.3 is 0 Å². The molecule has 3 nitrogen and oxygen atoms in total. The lowest BCUT2D eigenvalue weighted by Gasteiger charge is -2.17. The van der Waals surface area contributed by atoms with Crippen LogP contribution in [0.3, 0.4) is 0 Å². The van der Waals surface area contributed by atoms with Crippen LogP contribution in [0.15, 0.2) is 30.5 Å². The number of hydrogen-bond donors (Lipinski definition) is 1. The molecule has 0 saturated heterocycles. The fourth-order valence-electron chi connectivity index (χ4n) is 2.31. The summed E-state index contributed by atoms with van der Waals surface area (Å²) >= 11 is 0. The minimum atomic E-state index is 0.490. The lowest BCUT2D eigenvalue weighted by molar-refractivity contribution is 0.691. The van der Waals surface area contributed by atoms with Crippen LogP contribution in [0.2, 0.25) is 0 Å². The third-order valence-corrected chi connectivity index (χ3v) is 3.37. The van der Waals surface area contributed by atoms with Gasteiger partial charge in [-0.1, -0.05) is 13.3 Å². The van der Waals surface area contributed by atoms with Gasteiger partial charge in [-0.2, -0.15) is 0 Å². The topological polar surface area (TPSA) is 28.2 Å². The van der Waals surface area contributed by atoms with E-state index in [4.69, 9.17) is 0 Å². The molecule has 1 atom stereocenters. The van der Waals surface area contributed by atoms with Crippen LogP contribution >= 0.6 is 0 Å². The van der Waals surface area contributed by atoms with Gasteiger partial charge in [0.15, 0.2) is 0 Å². The van der Waals surface area contributed by atoms with Crippen molar-refractivity contribution in [3.05, 3.63) is 30.5 Å². The van der Waals surface area contributed by atoms with Crippen LogP contribution in [0, 0.1) is 0 Å². The molecule has 1 aromatic carbocycles. The second kappa shape index (κ2) is 5.91. The summed E-state index contributed by atoms with van der Waals surface area (Å²) in [5.74, 6) is 0. The largest absolute Gasteiger partial charge is 0.382 e. The van der Waals surface area contributed by atoms with Crippen molar-refractivity contribution in [1.82, 2.24) is 4.98 Å². The Morgan fingerprint density at radius 3 is 2.74 bits per heavy atom. The first-order chi connectivity index (χ1) is 9.11. The van der Waals surface area contributed by atoms with Gasteiger partial charge in [-0.3, -0.25) is 4.98 Å². The number of benzene rings is 1. The number of aromatic nitrogens is 1. The number of pyridine rings is 1. The summed E-state index contributed by atoms with van der Waals surface area (Å²) in [7, 11) is 4.10. The van der Waals surface area contributed by atoms with Crippen molar-refractivity contribution >= 4 is 22.3 Å². The highest BCUT2D eigenvalue weighted by molar-refractivity contribution is 5.93. The SMILES string of the molecule is CCC[C@@H](C)Nc1ccnc2cc(N(C)C)ccc12. The third-order valence-electron chi connectivity index (χ3n) is 3.37. The molecular weight excluding hydrogens is 234 g/mol. The van der Waals surface area contributed by atoms with E-state index in [1.807, 2.05) is 20.3 Å². The summed E-state index contributed by atoms with van der Waals surface area (Å²) in [6.07, 6.45) is 4.25. The van der Waals surface area contributed by atoms with Crippen molar-refractivity contribution < 1.29 is 0 Å². The molecule has 0 saturated carbocycles. The summed E-state index contributed by atoms with van der Waals surface area (Å²) in [6, 6.07) is 8.97. The van der Waals surface area contributed by atoms with Crippen molar-refractivity contribution in [2.24, 2.45) is 0 Å². The minimum absolute atomic E-state index is 0.490. The highest BCUT2D eigenvalue weighted by Gasteiger charge is 2.06. The number of nitrogens with zero attached hydrogens (tertiary/aromatic N) is 2. The van der Waals surface area contributed by atoms with Gasteiger partial charge < -0.3 is 10.2 Å². The average molecular weight is 257 g/mol. The average Bonchev–Trinajstić information content (AvgIpc) is 2.38. The van der Waals surface area contributed by atoms with E-state index < -0.39 is 0 Å². The molecule has 0 aliphatic heterocycles. The third kappa shape index (κ3) is 3.16. The molecule has 2 aromatic rings. The molecule has 1 heterocycles. The van der Waals surface area contributed by atoms with Crippen LogP contribution in [-0.4, -0.2) is 25.1 Å². The van der Waals surface area contributed by atoms with E-state index in [1.54, 1.807) is 0 Å². The molecule has 0 radical (unpaired) electrons. The Balaban J connectivity index is 2.35. The quantitative estimate of drug-likeness (QED) is 0.880. The lowest BCUT2D eigenvalue weighted by Crippen LogP contribution is -2.14. The Bertz CT molecular complexity index is 549. The fraction of sp³-hybridized carbons (Fsp3) is 0.438. The Hall–Kier alpha value is -1.77. The first-order valence-corrected chi connectivity index (χ1v) is 6.94. The second-order valence-electron chi connectivity index (χ2n) is 5.29. The normalized spacial score (nSPS) is 12.4. The van der Waals surface area contributed by atoms with Gasteiger partial charge in [0.1, 0.15) is 0 Å². The minimum Gasteiger partial charge on any atom is -0.382 e. The highest BCUT2D eigenvalue weighted by atomic mass is 15.1. The summed E-state index contributed by atoms with van der Waals surface area (Å²) < 4.78 is 0. The second-order valence-corrected chi connectivity index (χ2v) is 5.29. The van der Waals surface area contributed by atoms with Gasteiger partial charge in [0.25, 0.3) is 0 Å². The van der Waals surface area contributed by atoms with Crippen LogP contribution in [0.4, 0.5) is 11.4 Å². The molecular formula is C16H23N3. The van der Waals surface area contributed by atoms with E-state index >= 15 is 0 Å². The molecule has 0 fully saturated rings. The Morgan fingerprint density at radius 1 is 1.26 bits per heavy atom. The summed E-state index contributed by atoms with van der Waals surface area (Å²) in [5, 5.41) is 4.77. The zero-order valence-electron chi connectivity index (χ0n) is 12.3. The molecule has 3 heteroatoms. The van der Waals surface area contributed by atoms with Crippen molar-refractivity contribution in [3.63, 3.8) is 0 Å². The maximum Gasteiger partial charge on any atom is 0.0743 e. The van der Waals surface area contributed by atoms with Gasteiger partial charge in [0.2, 0.25) is 0 Å². The predicted molar refractivity (Wildman–Crippen MR) is 84.1 cm³/mol. The van der Waals surface area contributed by atoms with Crippen LogP contribution < -0.4 is 10.2 Å². The Morgan fingerprint density at radius 2 is 2.05 bits per heavy atom. The van der Waals surface area contributed by atoms with Crippen LogP contribution in [0.25, 0.3) is 10.9 Å². The van der Waals surface area contributed by atoms with Crippen molar-refractivity contribution in [2.75, 3.05) is 24.3 Å². The van der Waals surface area contributed by atoms with Crippen molar-refractivity contribution in [1.29, 1.82) is 0 Å². The molecule has 0 aliphatic rings. The number of nitrogens with one attached hydrogen (secondary N) is 1. The summed E-state index contributed by atoms with van der Waals surface area (Å²) in [6.45, 7) is 4.44. The molecule has 0 amide bonds. The maximum absolute atomic E-state index is 4.47. The van der Waals surface area contributed by atoms with Crippen LogP contribution in [0.5, 0.6) is 0 Å². The Labute approximate surface area is 115 Å². The van der Waals surface area contributed by atoms with Gasteiger partial charge in [0, 0.05) is 43.1 Å². The predicted octanol–water partition coefficient (Wildman–Crippen LogP) is 3.90. The van der Waals surface area contributed by atoms with E-state index in [2.05, 4.69) is 53.3 Å². The molecule has 0 bridgehead atoms.